The fraction of sp³-hybridized carbons (Fsp3) is 0.932. The van der Waals surface area contributed by atoms with Crippen LogP contribution < -0.4 is 0 Å². The predicted molar refractivity (Wildman–Crippen MR) is 344 cm³/mol. The molecule has 0 aromatic rings. The van der Waals surface area contributed by atoms with E-state index < -0.39 is 6.10 Å². The van der Waals surface area contributed by atoms with Gasteiger partial charge in [-0.15, -0.1) is 0 Å². The van der Waals surface area contributed by atoms with Crippen LogP contribution >= 0.6 is 0 Å². The molecule has 0 radical (unpaired) electrons. The third-order valence-corrected chi connectivity index (χ3v) is 16.8. The topological polar surface area (TPSA) is 78.9 Å². The lowest BCUT2D eigenvalue weighted by atomic mass is 10.0. The molecule has 0 rings (SSSR count). The van der Waals surface area contributed by atoms with Crippen LogP contribution in [0.5, 0.6) is 0 Å². The van der Waals surface area contributed by atoms with Gasteiger partial charge in [-0.25, -0.2) is 0 Å². The molecule has 0 bridgehead atoms. The van der Waals surface area contributed by atoms with Crippen LogP contribution in [0.2, 0.25) is 0 Å². The summed E-state index contributed by atoms with van der Waals surface area (Å²) in [4.78, 5) is 38.4. The van der Waals surface area contributed by atoms with Gasteiger partial charge in [0.1, 0.15) is 13.2 Å². The second-order valence-corrected chi connectivity index (χ2v) is 24.9. The van der Waals surface area contributed by atoms with Crippen molar-refractivity contribution in [3.63, 3.8) is 0 Å². The first-order chi connectivity index (χ1) is 39.0. The molecular weight excluding hydrogens is 973 g/mol. The summed E-state index contributed by atoms with van der Waals surface area (Å²) >= 11 is 0. The molecule has 0 aromatic heterocycles. The van der Waals surface area contributed by atoms with Gasteiger partial charge in [-0.2, -0.15) is 0 Å². The van der Waals surface area contributed by atoms with E-state index in [-0.39, 0.29) is 31.1 Å². The van der Waals surface area contributed by atoms with E-state index in [0.717, 1.165) is 64.2 Å². The highest BCUT2D eigenvalue weighted by atomic mass is 16.6. The van der Waals surface area contributed by atoms with Crippen LogP contribution in [0.3, 0.4) is 0 Å². The standard InChI is InChI=1S/C73H140O6/c1-4-7-10-13-16-19-22-25-28-30-31-32-33-34-35-36-37-38-39-40-41-42-44-45-48-51-54-57-60-63-66-72(75)78-69-70(68-77-71(74)65-62-59-56-53-50-47-27-24-21-18-15-12-9-6-3)79-73(76)67-64-61-58-55-52-49-46-43-29-26-23-20-17-14-11-8-5-2/h24,27,70H,4-23,25-26,28-69H2,1-3H3/b27-24-. The van der Waals surface area contributed by atoms with E-state index in [1.54, 1.807) is 0 Å². The molecular formula is C73H140O6. The van der Waals surface area contributed by atoms with Gasteiger partial charge in [-0.05, 0) is 44.9 Å². The third kappa shape index (κ3) is 66.8. The van der Waals surface area contributed by atoms with Crippen LogP contribution in [0.1, 0.15) is 419 Å². The SMILES string of the molecule is CCCCCCC/C=C\CCCCCCCC(=O)OCC(COC(=O)CCCCCCCCCCCCCCCCCCCCCCCCCCCCCCCC)OC(=O)CCCCCCCCCCCCCCCCCCC. The van der Waals surface area contributed by atoms with Crippen molar-refractivity contribution in [3.8, 4) is 0 Å². The number of carbonyl (C=O) groups excluding carboxylic acids is 3. The van der Waals surface area contributed by atoms with Crippen molar-refractivity contribution in [2.24, 2.45) is 0 Å². The van der Waals surface area contributed by atoms with Gasteiger partial charge in [0, 0.05) is 19.3 Å². The fourth-order valence-corrected chi connectivity index (χ4v) is 11.3. The molecule has 0 saturated heterocycles. The molecule has 6 nitrogen and oxygen atoms in total. The summed E-state index contributed by atoms with van der Waals surface area (Å²) in [7, 11) is 0. The Morgan fingerprint density at radius 3 is 0.633 bits per heavy atom. The Labute approximate surface area is 494 Å². The number of hydrogen-bond acceptors (Lipinski definition) is 6. The highest BCUT2D eigenvalue weighted by Crippen LogP contribution is 2.19. The predicted octanol–water partition coefficient (Wildman–Crippen LogP) is 24.8. The van der Waals surface area contributed by atoms with Crippen LogP contribution in [-0.4, -0.2) is 37.2 Å². The van der Waals surface area contributed by atoms with Crippen LogP contribution in [0.15, 0.2) is 12.2 Å². The molecule has 0 aromatic carbocycles. The van der Waals surface area contributed by atoms with Crippen molar-refractivity contribution in [1.82, 2.24) is 0 Å². The quantitative estimate of drug-likeness (QED) is 0.0261. The van der Waals surface area contributed by atoms with Gasteiger partial charge in [-0.3, -0.25) is 14.4 Å². The Kier molecular flexibility index (Phi) is 67.0. The zero-order valence-electron chi connectivity index (χ0n) is 53.9. The van der Waals surface area contributed by atoms with Crippen molar-refractivity contribution >= 4 is 17.9 Å². The average Bonchev–Trinajstić information content (AvgIpc) is 3.45. The number of hydrogen-bond donors (Lipinski definition) is 0. The Morgan fingerprint density at radius 2 is 0.418 bits per heavy atom. The minimum Gasteiger partial charge on any atom is -0.462 e. The lowest BCUT2D eigenvalue weighted by Gasteiger charge is -2.18. The van der Waals surface area contributed by atoms with E-state index >= 15 is 0 Å². The Morgan fingerprint density at radius 1 is 0.241 bits per heavy atom. The first-order valence-corrected chi connectivity index (χ1v) is 36.2. The van der Waals surface area contributed by atoms with Gasteiger partial charge in [-0.1, -0.05) is 367 Å². The zero-order valence-corrected chi connectivity index (χ0v) is 53.9. The third-order valence-electron chi connectivity index (χ3n) is 16.8. The van der Waals surface area contributed by atoms with Gasteiger partial charge in [0.25, 0.3) is 0 Å². The molecule has 0 N–H and O–H groups in total. The number of ether oxygens (including phenoxy) is 3. The average molecular weight is 1110 g/mol. The van der Waals surface area contributed by atoms with E-state index in [1.807, 2.05) is 0 Å². The second-order valence-electron chi connectivity index (χ2n) is 24.9. The second kappa shape index (κ2) is 68.6. The van der Waals surface area contributed by atoms with Crippen molar-refractivity contribution in [3.05, 3.63) is 12.2 Å². The van der Waals surface area contributed by atoms with E-state index in [0.29, 0.717) is 19.3 Å². The van der Waals surface area contributed by atoms with Crippen LogP contribution in [0.25, 0.3) is 0 Å². The van der Waals surface area contributed by atoms with Gasteiger partial charge in [0.15, 0.2) is 6.10 Å². The summed E-state index contributed by atoms with van der Waals surface area (Å²) in [6.07, 6.45) is 82.6. The molecule has 468 valence electrons. The fourth-order valence-electron chi connectivity index (χ4n) is 11.3. The maximum absolute atomic E-state index is 12.9. The molecule has 0 aliphatic rings. The molecule has 0 aliphatic heterocycles. The van der Waals surface area contributed by atoms with Crippen molar-refractivity contribution in [2.75, 3.05) is 13.2 Å². The lowest BCUT2D eigenvalue weighted by Crippen LogP contribution is -2.30. The van der Waals surface area contributed by atoms with Gasteiger partial charge < -0.3 is 14.2 Å². The van der Waals surface area contributed by atoms with Crippen LogP contribution in [-0.2, 0) is 28.6 Å². The number of esters is 3. The minimum absolute atomic E-state index is 0.0657. The normalized spacial score (nSPS) is 12.0. The molecule has 1 unspecified atom stereocenters. The summed E-state index contributed by atoms with van der Waals surface area (Å²) in [6, 6.07) is 0. The number of unbranched alkanes of at least 4 members (excludes halogenated alkanes) is 55. The summed E-state index contributed by atoms with van der Waals surface area (Å²) in [5, 5.41) is 0. The monoisotopic (exact) mass is 1110 g/mol. The highest BCUT2D eigenvalue weighted by molar-refractivity contribution is 5.71. The first kappa shape index (κ1) is 77.2. The smallest absolute Gasteiger partial charge is 0.306 e. The summed E-state index contributed by atoms with van der Waals surface area (Å²) in [5.41, 5.74) is 0. The Balaban J connectivity index is 4.13. The van der Waals surface area contributed by atoms with Crippen LogP contribution in [0, 0.1) is 0 Å². The Hall–Kier alpha value is -1.85. The zero-order chi connectivity index (χ0) is 57.1. The van der Waals surface area contributed by atoms with Crippen LogP contribution in [0.4, 0.5) is 0 Å². The highest BCUT2D eigenvalue weighted by Gasteiger charge is 2.19. The summed E-state index contributed by atoms with van der Waals surface area (Å²) < 4.78 is 17.0. The number of allylic oxidation sites excluding steroid dienone is 2. The largest absolute Gasteiger partial charge is 0.462 e. The van der Waals surface area contributed by atoms with Gasteiger partial charge in [0.05, 0.1) is 0 Å². The number of carbonyl (C=O) groups is 3. The molecule has 0 fully saturated rings. The summed E-state index contributed by atoms with van der Waals surface area (Å²) in [5.74, 6) is -0.840. The molecule has 0 amide bonds. The molecule has 6 heteroatoms. The van der Waals surface area contributed by atoms with Gasteiger partial charge in [0.2, 0.25) is 0 Å². The molecule has 1 atom stereocenters. The number of rotatable bonds is 68. The molecule has 79 heavy (non-hydrogen) atoms. The van der Waals surface area contributed by atoms with Crippen molar-refractivity contribution in [2.45, 2.75) is 425 Å². The molecule has 0 saturated carbocycles. The molecule has 0 spiro atoms. The lowest BCUT2D eigenvalue weighted by molar-refractivity contribution is -0.167. The van der Waals surface area contributed by atoms with Crippen molar-refractivity contribution < 1.29 is 28.6 Å². The van der Waals surface area contributed by atoms with E-state index in [2.05, 4.69) is 32.9 Å². The van der Waals surface area contributed by atoms with Crippen molar-refractivity contribution in [1.29, 1.82) is 0 Å². The van der Waals surface area contributed by atoms with E-state index in [9.17, 15) is 14.4 Å². The molecule has 0 heterocycles. The maximum atomic E-state index is 12.9. The maximum Gasteiger partial charge on any atom is 0.306 e. The Bertz CT molecular complexity index is 1230. The van der Waals surface area contributed by atoms with E-state index in [1.165, 1.54) is 315 Å². The first-order valence-electron chi connectivity index (χ1n) is 36.2. The van der Waals surface area contributed by atoms with Gasteiger partial charge >= 0.3 is 17.9 Å². The minimum atomic E-state index is -0.769. The summed E-state index contributed by atoms with van der Waals surface area (Å²) in [6.45, 7) is 6.71. The van der Waals surface area contributed by atoms with E-state index in [4.69, 9.17) is 14.2 Å². The molecule has 0 aliphatic carbocycles.